The van der Waals surface area contributed by atoms with Gasteiger partial charge in [0.1, 0.15) is 0 Å². The van der Waals surface area contributed by atoms with Gasteiger partial charge in [-0.15, -0.1) is 5.73 Å². The zero-order valence-electron chi connectivity index (χ0n) is 8.33. The predicted octanol–water partition coefficient (Wildman–Crippen LogP) is 1.73. The Hall–Kier alpha value is -1.98. The highest BCUT2D eigenvalue weighted by atomic mass is 14.7. The maximum absolute atomic E-state index is 3.42. The molecule has 2 aliphatic rings. The second-order valence-corrected chi connectivity index (χ2v) is 3.65. The van der Waals surface area contributed by atoms with Crippen LogP contribution >= 0.6 is 0 Å². The number of H-pyrrole nitrogens is 1. The smallest absolute Gasteiger partial charge is 0.0471 e. The van der Waals surface area contributed by atoms with Crippen LogP contribution in [0.2, 0.25) is 0 Å². The largest absolute Gasteiger partial charge is 0.355 e. The van der Waals surface area contributed by atoms with Gasteiger partial charge in [-0.05, 0) is 36.8 Å². The van der Waals surface area contributed by atoms with E-state index in [1.807, 2.05) is 12.2 Å². The van der Waals surface area contributed by atoms with E-state index in [-0.39, 0.29) is 0 Å². The first kappa shape index (κ1) is 8.34. The molecule has 1 aromatic heterocycles. The van der Waals surface area contributed by atoms with Gasteiger partial charge in [0.05, 0.1) is 0 Å². The van der Waals surface area contributed by atoms with Crippen LogP contribution in [0.4, 0.5) is 0 Å². The van der Waals surface area contributed by atoms with Crippen LogP contribution in [-0.2, 0) is 0 Å². The highest BCUT2D eigenvalue weighted by Crippen LogP contribution is 2.10. The Morgan fingerprint density at radius 2 is 1.93 bits per heavy atom. The van der Waals surface area contributed by atoms with Gasteiger partial charge in [-0.25, -0.2) is 0 Å². The molecule has 1 N–H and O–H groups in total. The number of allylic oxidation sites excluding steroid dienone is 3. The first-order valence-electron chi connectivity index (χ1n) is 5.13. The van der Waals surface area contributed by atoms with Gasteiger partial charge in [0.2, 0.25) is 0 Å². The van der Waals surface area contributed by atoms with E-state index in [2.05, 4.69) is 47.2 Å². The van der Waals surface area contributed by atoms with E-state index in [1.54, 1.807) is 0 Å². The molecular weight excluding hydrogens is 182 g/mol. The summed E-state index contributed by atoms with van der Waals surface area (Å²) in [6.07, 6.45) is 17.8. The molecule has 1 aromatic rings. The molecular formula is C14H11N. The minimum atomic E-state index is 1.01. The van der Waals surface area contributed by atoms with Gasteiger partial charge in [0, 0.05) is 21.8 Å². The monoisotopic (exact) mass is 193 g/mol. The van der Waals surface area contributed by atoms with Crippen LogP contribution in [-0.4, -0.2) is 4.98 Å². The quantitative estimate of drug-likeness (QED) is 0.604. The second kappa shape index (κ2) is 3.30. The van der Waals surface area contributed by atoms with Gasteiger partial charge >= 0.3 is 0 Å². The molecule has 3 rings (SSSR count). The zero-order chi connectivity index (χ0) is 10.1. The fraction of sp³-hybridized carbons (Fsp3) is 0.0714. The Labute approximate surface area is 88.1 Å². The van der Waals surface area contributed by atoms with Crippen LogP contribution in [0.1, 0.15) is 17.7 Å². The van der Waals surface area contributed by atoms with E-state index in [9.17, 15) is 0 Å². The maximum Gasteiger partial charge on any atom is 0.0471 e. The average Bonchev–Trinajstić information content (AvgIpc) is 2.51. The maximum atomic E-state index is 3.42. The van der Waals surface area contributed by atoms with Crippen molar-refractivity contribution in [3.8, 4) is 0 Å². The Morgan fingerprint density at radius 1 is 1.07 bits per heavy atom. The molecule has 0 aromatic carbocycles. The summed E-state index contributed by atoms with van der Waals surface area (Å²) in [4.78, 5) is 3.42. The Balaban J connectivity index is 2.42. The SMILES string of the molecule is C1=CC=c2[nH]c3c(c2=CC=1)C=CCC=C3. The van der Waals surface area contributed by atoms with Gasteiger partial charge < -0.3 is 4.98 Å². The van der Waals surface area contributed by atoms with E-state index >= 15 is 0 Å². The molecule has 0 bridgehead atoms. The molecule has 0 saturated carbocycles. The Morgan fingerprint density at radius 3 is 2.93 bits per heavy atom. The van der Waals surface area contributed by atoms with Gasteiger partial charge in [-0.1, -0.05) is 18.2 Å². The standard InChI is InChI=1S/C14H11N/c1-3-7-11-12-8-4-2-6-10-14(12)15-13(11)9-5-1/h3-10,15H,1H2. The van der Waals surface area contributed by atoms with Gasteiger partial charge in [0.25, 0.3) is 0 Å². The molecule has 1 nitrogen and oxygen atoms in total. The molecule has 1 heterocycles. The molecule has 1 heteroatoms. The van der Waals surface area contributed by atoms with Crippen LogP contribution in [0, 0.1) is 0 Å². The van der Waals surface area contributed by atoms with Crippen LogP contribution < -0.4 is 10.6 Å². The minimum absolute atomic E-state index is 1.01. The lowest BCUT2D eigenvalue weighted by Crippen LogP contribution is -2.23. The summed E-state index contributed by atoms with van der Waals surface area (Å²) in [6.45, 7) is 0. The predicted molar refractivity (Wildman–Crippen MR) is 64.3 cm³/mol. The Bertz CT molecular complexity index is 630. The molecule has 0 spiro atoms. The van der Waals surface area contributed by atoms with Crippen molar-refractivity contribution in [3.05, 3.63) is 51.9 Å². The van der Waals surface area contributed by atoms with Crippen LogP contribution in [0.25, 0.3) is 24.3 Å². The molecule has 0 unspecified atom stereocenters. The van der Waals surface area contributed by atoms with Crippen molar-refractivity contribution in [1.82, 2.24) is 4.98 Å². The summed E-state index contributed by atoms with van der Waals surface area (Å²) in [5.41, 5.74) is 5.56. The summed E-state index contributed by atoms with van der Waals surface area (Å²) < 4.78 is 0. The zero-order valence-corrected chi connectivity index (χ0v) is 8.33. The summed E-state index contributed by atoms with van der Waals surface area (Å²) in [7, 11) is 0. The van der Waals surface area contributed by atoms with Crippen LogP contribution in [0.15, 0.2) is 30.0 Å². The van der Waals surface area contributed by atoms with Crippen molar-refractivity contribution < 1.29 is 0 Å². The lowest BCUT2D eigenvalue weighted by Gasteiger charge is -1.88. The number of fused-ring (bicyclic) bond motifs is 3. The third kappa shape index (κ3) is 1.34. The number of aromatic nitrogens is 1. The summed E-state index contributed by atoms with van der Waals surface area (Å²) in [5.74, 6) is 0. The lowest BCUT2D eigenvalue weighted by molar-refractivity contribution is 1.29. The van der Waals surface area contributed by atoms with Crippen molar-refractivity contribution in [1.29, 1.82) is 0 Å². The van der Waals surface area contributed by atoms with E-state index in [4.69, 9.17) is 0 Å². The molecule has 72 valence electrons. The van der Waals surface area contributed by atoms with Crippen molar-refractivity contribution in [2.24, 2.45) is 0 Å². The van der Waals surface area contributed by atoms with Crippen molar-refractivity contribution >= 4 is 24.3 Å². The highest BCUT2D eigenvalue weighted by molar-refractivity contribution is 5.68. The fourth-order valence-corrected chi connectivity index (χ4v) is 1.96. The molecule has 0 radical (unpaired) electrons. The number of hydrogen-bond donors (Lipinski definition) is 1. The first-order chi connectivity index (χ1) is 7.45. The minimum Gasteiger partial charge on any atom is -0.355 e. The van der Waals surface area contributed by atoms with Gasteiger partial charge in [-0.3, -0.25) is 0 Å². The van der Waals surface area contributed by atoms with E-state index in [1.165, 1.54) is 16.5 Å². The van der Waals surface area contributed by atoms with Crippen molar-refractivity contribution in [2.75, 3.05) is 0 Å². The van der Waals surface area contributed by atoms with E-state index in [0.717, 1.165) is 11.8 Å². The number of aromatic amines is 1. The molecule has 0 atom stereocenters. The molecule has 0 amide bonds. The number of hydrogen-bond acceptors (Lipinski definition) is 0. The van der Waals surface area contributed by atoms with E-state index in [0.29, 0.717) is 0 Å². The number of nitrogens with one attached hydrogen (secondary N) is 1. The van der Waals surface area contributed by atoms with Crippen LogP contribution in [0.5, 0.6) is 0 Å². The molecule has 0 fully saturated rings. The van der Waals surface area contributed by atoms with Crippen molar-refractivity contribution in [2.45, 2.75) is 6.42 Å². The summed E-state index contributed by atoms with van der Waals surface area (Å²) in [5, 5.41) is 2.42. The lowest BCUT2D eigenvalue weighted by atomic mass is 10.2. The van der Waals surface area contributed by atoms with Gasteiger partial charge in [-0.2, -0.15) is 0 Å². The third-order valence-corrected chi connectivity index (χ3v) is 2.67. The topological polar surface area (TPSA) is 15.8 Å². The van der Waals surface area contributed by atoms with Crippen molar-refractivity contribution in [3.63, 3.8) is 0 Å². The molecule has 2 aliphatic carbocycles. The van der Waals surface area contributed by atoms with Crippen LogP contribution in [0.3, 0.4) is 0 Å². The second-order valence-electron chi connectivity index (χ2n) is 3.65. The summed E-state index contributed by atoms with van der Waals surface area (Å²) in [6, 6.07) is 0. The van der Waals surface area contributed by atoms with E-state index < -0.39 is 0 Å². The Kier molecular flexibility index (Phi) is 1.84. The number of rotatable bonds is 0. The molecule has 0 aliphatic heterocycles. The molecule has 0 saturated heterocycles. The average molecular weight is 193 g/mol. The normalized spacial score (nSPS) is 16.0. The fourth-order valence-electron chi connectivity index (χ4n) is 1.96. The first-order valence-corrected chi connectivity index (χ1v) is 5.13. The third-order valence-electron chi connectivity index (χ3n) is 2.67. The highest BCUT2D eigenvalue weighted by Gasteiger charge is 2.04. The summed E-state index contributed by atoms with van der Waals surface area (Å²) >= 11 is 0. The van der Waals surface area contributed by atoms with Gasteiger partial charge in [0.15, 0.2) is 0 Å². The molecule has 15 heavy (non-hydrogen) atoms.